The highest BCUT2D eigenvalue weighted by molar-refractivity contribution is 7.46. The van der Waals surface area contributed by atoms with Crippen LogP contribution >= 0.6 is 7.82 Å². The van der Waals surface area contributed by atoms with Crippen molar-refractivity contribution >= 4 is 19.8 Å². The second-order valence-electron chi connectivity index (χ2n) is 14.0. The minimum atomic E-state index is -4.77. The van der Waals surface area contributed by atoms with Crippen LogP contribution in [0, 0.1) is 0 Å². The molecule has 9 nitrogen and oxygen atoms in total. The van der Waals surface area contributed by atoms with E-state index in [9.17, 15) is 14.2 Å². The first kappa shape index (κ1) is 48.7. The van der Waals surface area contributed by atoms with Gasteiger partial charge in [0.2, 0.25) is 0 Å². The Hall–Kier alpha value is -2.29. The van der Waals surface area contributed by atoms with Crippen LogP contribution < -0.4 is 0 Å². The van der Waals surface area contributed by atoms with Gasteiger partial charge in [-0.15, -0.1) is 0 Å². The summed E-state index contributed by atoms with van der Waals surface area (Å²) in [6.45, 7) is 3.57. The van der Waals surface area contributed by atoms with E-state index in [1.54, 1.807) is 0 Å². The van der Waals surface area contributed by atoms with E-state index in [0.29, 0.717) is 25.0 Å². The lowest BCUT2D eigenvalue weighted by Gasteiger charge is -2.18. The topological polar surface area (TPSA) is 132 Å². The summed E-state index contributed by atoms with van der Waals surface area (Å²) < 4.78 is 32.1. The molecule has 3 atom stereocenters. The number of carbonyl (C=O) groups excluding carboxylic acids is 2. The van der Waals surface area contributed by atoms with Crippen molar-refractivity contribution in [3.8, 4) is 0 Å². The van der Waals surface area contributed by atoms with Crippen molar-refractivity contribution in [3.05, 3.63) is 60.8 Å². The molecule has 10 heteroatoms. The summed E-state index contributed by atoms with van der Waals surface area (Å²) in [5, 5.41) is 0. The molecule has 0 bridgehead atoms. The van der Waals surface area contributed by atoms with Crippen LogP contribution in [0.5, 0.6) is 0 Å². The average molecular weight is 765 g/mol. The highest BCUT2D eigenvalue weighted by Crippen LogP contribution is 2.36. The van der Waals surface area contributed by atoms with Gasteiger partial charge in [-0.2, -0.15) is 0 Å². The first-order valence-corrected chi connectivity index (χ1v) is 22.2. The Morgan fingerprint density at radius 3 is 1.68 bits per heavy atom. The van der Waals surface area contributed by atoms with Crippen LogP contribution in [-0.4, -0.2) is 53.3 Å². The third-order valence-corrected chi connectivity index (χ3v) is 9.42. The zero-order valence-electron chi connectivity index (χ0n) is 33.1. The predicted octanol–water partition coefficient (Wildman–Crippen LogP) is 11.5. The van der Waals surface area contributed by atoms with Gasteiger partial charge in [0.05, 0.1) is 18.8 Å². The van der Waals surface area contributed by atoms with Crippen LogP contribution in [0.15, 0.2) is 60.8 Å². The van der Waals surface area contributed by atoms with Crippen molar-refractivity contribution in [2.45, 2.75) is 186 Å². The van der Waals surface area contributed by atoms with Crippen molar-refractivity contribution in [1.82, 2.24) is 0 Å². The molecule has 2 N–H and O–H groups in total. The Kier molecular flexibility index (Phi) is 31.5. The van der Waals surface area contributed by atoms with Crippen LogP contribution in [0.4, 0.5) is 0 Å². The molecule has 0 spiro atoms. The van der Waals surface area contributed by atoms with E-state index in [1.807, 2.05) is 0 Å². The van der Waals surface area contributed by atoms with E-state index < -0.39 is 32.5 Å². The quantitative estimate of drug-likeness (QED) is 0.0210. The molecule has 53 heavy (non-hydrogen) atoms. The lowest BCUT2D eigenvalue weighted by Crippen LogP contribution is -2.29. The molecule has 2 unspecified atom stereocenters. The maximum Gasteiger partial charge on any atom is 0.469 e. The summed E-state index contributed by atoms with van der Waals surface area (Å²) in [7, 11) is -4.77. The molecular formula is C43H73O9P. The number of hydrogen-bond donors (Lipinski definition) is 2. The van der Waals surface area contributed by atoms with E-state index in [4.69, 9.17) is 24.0 Å². The number of hydrogen-bond acceptors (Lipinski definition) is 7. The molecule has 1 saturated heterocycles. The second-order valence-corrected chi connectivity index (χ2v) is 15.2. The first-order valence-electron chi connectivity index (χ1n) is 20.7. The van der Waals surface area contributed by atoms with Gasteiger partial charge in [-0.3, -0.25) is 14.1 Å². The number of unbranched alkanes of at least 4 members (excludes halogenated alkanes) is 13. The van der Waals surface area contributed by atoms with Gasteiger partial charge in [-0.05, 0) is 83.5 Å². The van der Waals surface area contributed by atoms with E-state index in [1.165, 1.54) is 44.9 Å². The summed E-state index contributed by atoms with van der Waals surface area (Å²) in [6, 6.07) is 0. The lowest BCUT2D eigenvalue weighted by atomic mass is 10.1. The van der Waals surface area contributed by atoms with Crippen molar-refractivity contribution in [2.24, 2.45) is 0 Å². The predicted molar refractivity (Wildman–Crippen MR) is 215 cm³/mol. The highest BCUT2D eigenvalue weighted by Gasteiger charge is 2.36. The Morgan fingerprint density at radius 1 is 0.604 bits per heavy atom. The maximum atomic E-state index is 12.4. The van der Waals surface area contributed by atoms with Crippen molar-refractivity contribution in [3.63, 3.8) is 0 Å². The highest BCUT2D eigenvalue weighted by atomic mass is 31.2. The van der Waals surface area contributed by atoms with Crippen molar-refractivity contribution < 1.29 is 42.7 Å². The van der Waals surface area contributed by atoms with Gasteiger partial charge < -0.3 is 24.0 Å². The van der Waals surface area contributed by atoms with E-state index in [2.05, 4.69) is 79.1 Å². The largest absolute Gasteiger partial charge is 0.469 e. The molecule has 1 rings (SSSR count). The number of rotatable bonds is 36. The molecule has 1 heterocycles. The van der Waals surface area contributed by atoms with Crippen LogP contribution in [-0.2, 0) is 32.9 Å². The average Bonchev–Trinajstić information content (AvgIpc) is 3.88. The number of esters is 2. The molecule has 0 aromatic rings. The first-order chi connectivity index (χ1) is 25.7. The third-order valence-electron chi connectivity index (χ3n) is 8.93. The number of ether oxygens (including phenoxy) is 3. The summed E-state index contributed by atoms with van der Waals surface area (Å²) in [5.74, 6) is -0.948. The molecule has 0 aromatic heterocycles. The zero-order chi connectivity index (χ0) is 38.7. The van der Waals surface area contributed by atoms with Gasteiger partial charge in [-0.25, -0.2) is 4.57 Å². The molecule has 1 aliphatic heterocycles. The zero-order valence-corrected chi connectivity index (χ0v) is 34.0. The number of epoxide rings is 1. The maximum absolute atomic E-state index is 12.4. The monoisotopic (exact) mass is 764 g/mol. The third kappa shape index (κ3) is 34.0. The molecule has 0 radical (unpaired) electrons. The molecule has 0 aromatic carbocycles. The van der Waals surface area contributed by atoms with E-state index in [0.717, 1.165) is 83.5 Å². The van der Waals surface area contributed by atoms with Crippen molar-refractivity contribution in [2.75, 3.05) is 13.2 Å². The molecule has 304 valence electrons. The van der Waals surface area contributed by atoms with E-state index in [-0.39, 0.29) is 19.4 Å². The van der Waals surface area contributed by atoms with E-state index >= 15 is 0 Å². The van der Waals surface area contributed by atoms with Gasteiger partial charge in [0.15, 0.2) is 6.10 Å². The fourth-order valence-corrected chi connectivity index (χ4v) is 6.07. The molecule has 0 aliphatic carbocycles. The van der Waals surface area contributed by atoms with Gasteiger partial charge >= 0.3 is 19.8 Å². The summed E-state index contributed by atoms with van der Waals surface area (Å²) in [4.78, 5) is 42.9. The molecule has 1 aliphatic rings. The van der Waals surface area contributed by atoms with Crippen molar-refractivity contribution in [1.29, 1.82) is 0 Å². The fourth-order valence-electron chi connectivity index (χ4n) is 5.71. The molecule has 1 fully saturated rings. The Bertz CT molecular complexity index is 1110. The Balaban J connectivity index is 2.11. The fraction of sp³-hybridized carbons (Fsp3) is 0.721. The number of allylic oxidation sites excluding steroid dienone is 9. The molecule has 0 amide bonds. The van der Waals surface area contributed by atoms with Gasteiger partial charge in [0.1, 0.15) is 6.61 Å². The number of phosphoric acid groups is 1. The minimum Gasteiger partial charge on any atom is -0.462 e. The standard InChI is InChI=1S/C43H73O9P/c1-3-5-7-9-11-12-13-14-15-16-17-18-19-20-21-22-23-27-32-36-43(45)51-39(38-50-53(46,47)48)37-49-42(44)35-31-28-24-26-30-34-41-40(52-41)33-29-25-10-8-6-4-2/h11-12,14-15,17-18,20-21,25,29,39-41H,3-10,13,16,19,22-24,26-28,30-38H2,1-2H3,(H2,46,47,48)/b12-11-,15-14-,18-17-,21-20-,29-25-/t39-,40?,41?/m1/s1. The SMILES string of the molecule is CCCCC/C=C\C/C=C\C/C=C\C/C=C\CCCCCC(=O)O[C@H](COC(=O)CCCCCCCC1OC1C/C=C\CCCCC)COP(=O)(O)O. The Morgan fingerprint density at radius 2 is 1.09 bits per heavy atom. The molecule has 0 saturated carbocycles. The smallest absolute Gasteiger partial charge is 0.462 e. The Labute approximate surface area is 322 Å². The van der Waals surface area contributed by atoms with Crippen LogP contribution in [0.1, 0.15) is 168 Å². The van der Waals surface area contributed by atoms with Gasteiger partial charge in [-0.1, -0.05) is 132 Å². The van der Waals surface area contributed by atoms with Gasteiger partial charge in [0.25, 0.3) is 0 Å². The number of carbonyl (C=O) groups is 2. The normalized spacial score (nSPS) is 16.9. The van der Waals surface area contributed by atoms with Gasteiger partial charge in [0, 0.05) is 12.8 Å². The second kappa shape index (κ2) is 34.2. The lowest BCUT2D eigenvalue weighted by molar-refractivity contribution is -0.161. The number of phosphoric ester groups is 1. The summed E-state index contributed by atoms with van der Waals surface area (Å²) >= 11 is 0. The van der Waals surface area contributed by atoms with Crippen LogP contribution in [0.3, 0.4) is 0 Å². The minimum absolute atomic E-state index is 0.165. The molecular weight excluding hydrogens is 691 g/mol. The van der Waals surface area contributed by atoms with Crippen LogP contribution in [0.2, 0.25) is 0 Å². The van der Waals surface area contributed by atoms with Crippen LogP contribution in [0.25, 0.3) is 0 Å². The summed E-state index contributed by atoms with van der Waals surface area (Å²) in [6.07, 6.45) is 45.3. The summed E-state index contributed by atoms with van der Waals surface area (Å²) in [5.41, 5.74) is 0.